The molecule has 2 rings (SSSR count). The third-order valence-corrected chi connectivity index (χ3v) is 3.51. The molecule has 0 fully saturated rings. The normalized spacial score (nSPS) is 10.6. The van der Waals surface area contributed by atoms with Crippen LogP contribution in [0.1, 0.15) is 31.4 Å². The van der Waals surface area contributed by atoms with E-state index in [-0.39, 0.29) is 12.4 Å². The summed E-state index contributed by atoms with van der Waals surface area (Å²) in [4.78, 5) is 23.2. The number of hydrogen-bond acceptors (Lipinski definition) is 5. The van der Waals surface area contributed by atoms with Gasteiger partial charge < -0.3 is 13.9 Å². The second-order valence-corrected chi connectivity index (χ2v) is 5.76. The second-order valence-electron chi connectivity index (χ2n) is 5.76. The molecule has 0 amide bonds. The van der Waals surface area contributed by atoms with Gasteiger partial charge in [0.05, 0.1) is 6.61 Å². The predicted octanol–water partition coefficient (Wildman–Crippen LogP) is 3.55. The van der Waals surface area contributed by atoms with E-state index in [0.29, 0.717) is 31.0 Å². The van der Waals surface area contributed by atoms with Crippen molar-refractivity contribution in [1.82, 2.24) is 0 Å². The maximum absolute atomic E-state index is 11.6. The lowest BCUT2D eigenvalue weighted by Gasteiger charge is -2.13. The topological polar surface area (TPSA) is 65.7 Å². The van der Waals surface area contributed by atoms with E-state index in [1.165, 1.54) is 6.07 Å². The summed E-state index contributed by atoms with van der Waals surface area (Å²) in [7, 11) is 0. The average Bonchev–Trinajstić information content (AvgIpc) is 2.51. The zero-order chi connectivity index (χ0) is 17.7. The molecule has 24 heavy (non-hydrogen) atoms. The van der Waals surface area contributed by atoms with E-state index >= 15 is 0 Å². The van der Waals surface area contributed by atoms with Crippen molar-refractivity contribution >= 4 is 16.9 Å². The van der Waals surface area contributed by atoms with Gasteiger partial charge in [-0.05, 0) is 50.0 Å². The van der Waals surface area contributed by atoms with Crippen LogP contribution in [-0.2, 0) is 16.0 Å². The van der Waals surface area contributed by atoms with Gasteiger partial charge in [0.1, 0.15) is 17.9 Å². The number of esters is 1. The third-order valence-electron chi connectivity index (χ3n) is 3.51. The van der Waals surface area contributed by atoms with Gasteiger partial charge in [-0.25, -0.2) is 4.79 Å². The molecule has 1 aromatic carbocycles. The number of fused-ring (bicyclic) bond motifs is 1. The zero-order valence-corrected chi connectivity index (χ0v) is 14.3. The van der Waals surface area contributed by atoms with E-state index in [4.69, 9.17) is 13.9 Å². The van der Waals surface area contributed by atoms with Crippen LogP contribution in [0.15, 0.2) is 39.6 Å². The van der Waals surface area contributed by atoms with Crippen LogP contribution in [0.4, 0.5) is 0 Å². The molecule has 0 N–H and O–H groups in total. The van der Waals surface area contributed by atoms with Crippen LogP contribution in [0.2, 0.25) is 0 Å². The van der Waals surface area contributed by atoms with E-state index in [2.05, 4.69) is 6.58 Å². The minimum absolute atomic E-state index is 0.250. The van der Waals surface area contributed by atoms with Gasteiger partial charge >= 0.3 is 11.6 Å². The number of benzene rings is 1. The first-order chi connectivity index (χ1) is 11.4. The highest BCUT2D eigenvalue weighted by molar-refractivity contribution is 5.83. The molecule has 5 nitrogen and oxygen atoms in total. The number of ether oxygens (including phenoxy) is 2. The van der Waals surface area contributed by atoms with Crippen molar-refractivity contribution < 1.29 is 18.7 Å². The summed E-state index contributed by atoms with van der Waals surface area (Å²) in [6.07, 6.45) is 0.747. The fourth-order valence-electron chi connectivity index (χ4n) is 2.39. The molecule has 1 heterocycles. The number of rotatable bonds is 7. The highest BCUT2D eigenvalue weighted by atomic mass is 16.5. The molecule has 5 heteroatoms. The Balaban J connectivity index is 2.40. The fraction of sp³-hybridized carbons (Fsp3) is 0.368. The summed E-state index contributed by atoms with van der Waals surface area (Å²) < 4.78 is 16.0. The molecule has 0 unspecified atom stereocenters. The zero-order valence-electron chi connectivity index (χ0n) is 14.3. The Morgan fingerprint density at radius 2 is 2.04 bits per heavy atom. The van der Waals surface area contributed by atoms with Crippen molar-refractivity contribution in [2.45, 2.75) is 33.6 Å². The van der Waals surface area contributed by atoms with Gasteiger partial charge in [0.15, 0.2) is 0 Å². The maximum Gasteiger partial charge on any atom is 0.336 e. The molecular weight excluding hydrogens is 308 g/mol. The number of aryl methyl sites for hydroxylation is 2. The largest absolute Gasteiger partial charge is 0.489 e. The Morgan fingerprint density at radius 3 is 2.71 bits per heavy atom. The van der Waals surface area contributed by atoms with Crippen molar-refractivity contribution in [2.24, 2.45) is 0 Å². The Hall–Kier alpha value is -2.56. The van der Waals surface area contributed by atoms with Crippen molar-refractivity contribution in [3.63, 3.8) is 0 Å². The minimum Gasteiger partial charge on any atom is -0.489 e. The summed E-state index contributed by atoms with van der Waals surface area (Å²) in [6.45, 7) is 10.0. The smallest absolute Gasteiger partial charge is 0.336 e. The van der Waals surface area contributed by atoms with Crippen LogP contribution < -0.4 is 10.4 Å². The van der Waals surface area contributed by atoms with Crippen molar-refractivity contribution in [3.05, 3.63) is 51.9 Å². The minimum atomic E-state index is -0.398. The van der Waals surface area contributed by atoms with Gasteiger partial charge in [0, 0.05) is 23.9 Å². The first kappa shape index (κ1) is 17.8. The van der Waals surface area contributed by atoms with Gasteiger partial charge in [0.25, 0.3) is 0 Å². The van der Waals surface area contributed by atoms with Crippen LogP contribution in [0, 0.1) is 6.92 Å². The molecular formula is C19H22O5. The van der Waals surface area contributed by atoms with Crippen molar-refractivity contribution in [3.8, 4) is 5.75 Å². The SMILES string of the molecule is C=C(C)COc1cc2oc(=O)cc(C)c2cc1CCC(=O)OCC. The molecule has 0 spiro atoms. The Labute approximate surface area is 140 Å². The molecule has 0 aliphatic rings. The molecule has 0 atom stereocenters. The standard InChI is InChI=1S/C19H22O5/c1-5-22-18(20)7-6-14-9-15-13(4)8-19(21)24-17(15)10-16(14)23-11-12(2)3/h8-10H,2,5-7,11H2,1,3-4H3. The Morgan fingerprint density at radius 1 is 1.29 bits per heavy atom. The highest BCUT2D eigenvalue weighted by Gasteiger charge is 2.13. The summed E-state index contributed by atoms with van der Waals surface area (Å²) >= 11 is 0. The molecule has 0 bridgehead atoms. The van der Waals surface area contributed by atoms with E-state index in [0.717, 1.165) is 22.1 Å². The van der Waals surface area contributed by atoms with Crippen molar-refractivity contribution in [2.75, 3.05) is 13.2 Å². The number of hydrogen-bond donors (Lipinski definition) is 0. The summed E-state index contributed by atoms with van der Waals surface area (Å²) in [5, 5.41) is 0.830. The lowest BCUT2D eigenvalue weighted by molar-refractivity contribution is -0.143. The Kier molecular flexibility index (Phi) is 5.79. The van der Waals surface area contributed by atoms with Gasteiger partial charge in [0.2, 0.25) is 0 Å². The second kappa shape index (κ2) is 7.81. The highest BCUT2D eigenvalue weighted by Crippen LogP contribution is 2.28. The average molecular weight is 330 g/mol. The third kappa shape index (κ3) is 4.47. The van der Waals surface area contributed by atoms with Crippen LogP contribution in [0.5, 0.6) is 5.75 Å². The molecule has 128 valence electrons. The number of carbonyl (C=O) groups excluding carboxylic acids is 1. The number of carbonyl (C=O) groups is 1. The van der Waals surface area contributed by atoms with E-state index in [9.17, 15) is 9.59 Å². The van der Waals surface area contributed by atoms with Gasteiger partial charge in [-0.1, -0.05) is 6.58 Å². The molecule has 0 saturated heterocycles. The van der Waals surface area contributed by atoms with E-state index < -0.39 is 5.63 Å². The molecule has 0 aliphatic heterocycles. The fourth-order valence-corrected chi connectivity index (χ4v) is 2.39. The van der Waals surface area contributed by atoms with Gasteiger partial charge in [-0.2, -0.15) is 0 Å². The molecule has 0 radical (unpaired) electrons. The lowest BCUT2D eigenvalue weighted by Crippen LogP contribution is -2.07. The molecule has 0 saturated carbocycles. The maximum atomic E-state index is 11.6. The van der Waals surface area contributed by atoms with E-state index in [1.807, 2.05) is 19.9 Å². The molecule has 0 aliphatic carbocycles. The van der Waals surface area contributed by atoms with Crippen LogP contribution in [0.25, 0.3) is 11.0 Å². The van der Waals surface area contributed by atoms with Crippen molar-refractivity contribution in [1.29, 1.82) is 0 Å². The van der Waals surface area contributed by atoms with Crippen LogP contribution >= 0.6 is 0 Å². The summed E-state index contributed by atoms with van der Waals surface area (Å²) in [5.41, 5.74) is 2.64. The first-order valence-corrected chi connectivity index (χ1v) is 7.91. The predicted molar refractivity (Wildman–Crippen MR) is 92.5 cm³/mol. The quantitative estimate of drug-likeness (QED) is 0.441. The molecule has 1 aromatic heterocycles. The van der Waals surface area contributed by atoms with Gasteiger partial charge in [-0.15, -0.1) is 0 Å². The lowest BCUT2D eigenvalue weighted by atomic mass is 10.0. The summed E-state index contributed by atoms with van der Waals surface area (Å²) in [6, 6.07) is 5.06. The summed E-state index contributed by atoms with van der Waals surface area (Å²) in [5.74, 6) is 0.336. The first-order valence-electron chi connectivity index (χ1n) is 7.91. The molecule has 2 aromatic rings. The van der Waals surface area contributed by atoms with Crippen LogP contribution in [-0.4, -0.2) is 19.2 Å². The van der Waals surface area contributed by atoms with Gasteiger partial charge in [-0.3, -0.25) is 4.79 Å². The Bertz CT molecular complexity index is 816. The van der Waals surface area contributed by atoms with Crippen LogP contribution in [0.3, 0.4) is 0 Å². The van der Waals surface area contributed by atoms with E-state index in [1.54, 1.807) is 13.0 Å². The monoisotopic (exact) mass is 330 g/mol.